The topological polar surface area (TPSA) is 74.0 Å². The molecule has 0 bridgehead atoms. The molecule has 27 heavy (non-hydrogen) atoms. The van der Waals surface area contributed by atoms with Crippen LogP contribution in [0, 0.1) is 0 Å². The second kappa shape index (κ2) is 7.49. The minimum atomic E-state index is 0.0107. The van der Waals surface area contributed by atoms with Gasteiger partial charge in [-0.25, -0.2) is 4.98 Å². The molecule has 1 amide bonds. The zero-order chi connectivity index (χ0) is 18.6. The first-order chi connectivity index (χ1) is 13.2. The number of hydrogen-bond donors (Lipinski definition) is 1. The third-order valence-electron chi connectivity index (χ3n) is 4.60. The van der Waals surface area contributed by atoms with Crippen molar-refractivity contribution in [3.05, 3.63) is 55.0 Å². The van der Waals surface area contributed by atoms with E-state index in [1.54, 1.807) is 19.6 Å². The maximum absolute atomic E-state index is 12.2. The number of amides is 1. The van der Waals surface area contributed by atoms with Gasteiger partial charge < -0.3 is 14.6 Å². The molecule has 0 aliphatic rings. The molecule has 4 aromatic rings. The highest BCUT2D eigenvalue weighted by atomic mass is 16.5. The van der Waals surface area contributed by atoms with Gasteiger partial charge in [0, 0.05) is 24.9 Å². The normalized spacial score (nSPS) is 11.1. The number of aromatic nitrogens is 4. The Bertz CT molecular complexity index is 1080. The Morgan fingerprint density at radius 2 is 2.04 bits per heavy atom. The summed E-state index contributed by atoms with van der Waals surface area (Å²) in [5.41, 5.74) is 3.03. The number of benzene rings is 2. The van der Waals surface area contributed by atoms with Crippen LogP contribution in [0.4, 0.5) is 0 Å². The molecule has 2 aromatic heterocycles. The first-order valence-electron chi connectivity index (χ1n) is 8.91. The fourth-order valence-electron chi connectivity index (χ4n) is 3.17. The molecule has 0 unspecified atom stereocenters. The van der Waals surface area contributed by atoms with Crippen LogP contribution >= 0.6 is 0 Å². The summed E-state index contributed by atoms with van der Waals surface area (Å²) in [6, 6.07) is 13.8. The number of nitrogens with zero attached hydrogens (tertiary/aromatic N) is 4. The number of carbonyl (C=O) groups is 1. The average molecular weight is 363 g/mol. The third kappa shape index (κ3) is 3.62. The van der Waals surface area contributed by atoms with Crippen LogP contribution in [0.1, 0.15) is 6.42 Å². The summed E-state index contributed by atoms with van der Waals surface area (Å²) in [7, 11) is 1.64. The summed E-state index contributed by atoms with van der Waals surface area (Å²) in [6.45, 7) is 1.79. The van der Waals surface area contributed by atoms with Gasteiger partial charge in [-0.05, 0) is 30.3 Å². The van der Waals surface area contributed by atoms with E-state index in [-0.39, 0.29) is 5.91 Å². The van der Waals surface area contributed by atoms with E-state index in [4.69, 9.17) is 4.74 Å². The molecule has 0 saturated carbocycles. The molecular formula is C20H21N5O2. The van der Waals surface area contributed by atoms with Crippen LogP contribution in [0.3, 0.4) is 0 Å². The SMILES string of the molecule is COc1ccc2c(cnn2CCC(=O)NCCn2cnc3ccccc32)c1. The maximum atomic E-state index is 12.2. The molecule has 0 aliphatic carbocycles. The van der Waals surface area contributed by atoms with Crippen LogP contribution in [0.2, 0.25) is 0 Å². The fraction of sp³-hybridized carbons (Fsp3) is 0.250. The molecule has 0 spiro atoms. The van der Waals surface area contributed by atoms with Crippen LogP contribution in [0.5, 0.6) is 5.75 Å². The molecule has 2 aromatic carbocycles. The van der Waals surface area contributed by atoms with Gasteiger partial charge in [0.1, 0.15) is 5.75 Å². The molecule has 0 atom stereocenters. The van der Waals surface area contributed by atoms with Crippen LogP contribution in [0.25, 0.3) is 21.9 Å². The standard InChI is InChI=1S/C20H21N5O2/c1-27-16-6-7-18-15(12-16)13-23-25(18)10-8-20(26)21-9-11-24-14-22-17-4-2-3-5-19(17)24/h2-7,12-14H,8-11H2,1H3,(H,21,26). The lowest BCUT2D eigenvalue weighted by Crippen LogP contribution is -2.28. The van der Waals surface area contributed by atoms with Gasteiger partial charge in [0.15, 0.2) is 0 Å². The number of para-hydroxylation sites is 2. The van der Waals surface area contributed by atoms with Crippen molar-refractivity contribution in [2.24, 2.45) is 0 Å². The molecule has 4 rings (SSSR count). The molecule has 0 radical (unpaired) electrons. The summed E-state index contributed by atoms with van der Waals surface area (Å²) in [5, 5.41) is 8.33. The van der Waals surface area contributed by atoms with Gasteiger partial charge in [-0.2, -0.15) is 5.10 Å². The summed E-state index contributed by atoms with van der Waals surface area (Å²) in [6.07, 6.45) is 3.98. The second-order valence-electron chi connectivity index (χ2n) is 6.32. The summed E-state index contributed by atoms with van der Waals surface area (Å²) < 4.78 is 9.11. The van der Waals surface area contributed by atoms with Crippen LogP contribution in [0.15, 0.2) is 55.0 Å². The minimum Gasteiger partial charge on any atom is -0.497 e. The Hall–Kier alpha value is -3.35. The first-order valence-corrected chi connectivity index (χ1v) is 8.91. The minimum absolute atomic E-state index is 0.0107. The Morgan fingerprint density at radius 3 is 2.93 bits per heavy atom. The predicted molar refractivity (Wildman–Crippen MR) is 104 cm³/mol. The lowest BCUT2D eigenvalue weighted by molar-refractivity contribution is -0.121. The van der Waals surface area contributed by atoms with Crippen molar-refractivity contribution in [2.45, 2.75) is 19.5 Å². The number of rotatable bonds is 7. The Balaban J connectivity index is 1.30. The molecular weight excluding hydrogens is 342 g/mol. The predicted octanol–water partition coefficient (Wildman–Crippen LogP) is 2.60. The van der Waals surface area contributed by atoms with Crippen molar-refractivity contribution in [3.8, 4) is 5.75 Å². The molecule has 138 valence electrons. The molecule has 7 nitrogen and oxygen atoms in total. The summed E-state index contributed by atoms with van der Waals surface area (Å²) in [5.74, 6) is 0.809. The maximum Gasteiger partial charge on any atom is 0.221 e. The largest absolute Gasteiger partial charge is 0.497 e. The Morgan fingerprint density at radius 1 is 1.15 bits per heavy atom. The van der Waals surface area contributed by atoms with Crippen LogP contribution < -0.4 is 10.1 Å². The molecule has 1 N–H and O–H groups in total. The highest BCUT2D eigenvalue weighted by Crippen LogP contribution is 2.20. The zero-order valence-electron chi connectivity index (χ0n) is 15.1. The number of hydrogen-bond acceptors (Lipinski definition) is 4. The quantitative estimate of drug-likeness (QED) is 0.548. The van der Waals surface area contributed by atoms with E-state index in [9.17, 15) is 4.79 Å². The third-order valence-corrected chi connectivity index (χ3v) is 4.60. The van der Waals surface area contributed by atoms with Gasteiger partial charge >= 0.3 is 0 Å². The Kier molecular flexibility index (Phi) is 4.74. The average Bonchev–Trinajstić information content (AvgIpc) is 3.30. The van der Waals surface area contributed by atoms with E-state index in [1.807, 2.05) is 51.7 Å². The van der Waals surface area contributed by atoms with Crippen molar-refractivity contribution < 1.29 is 9.53 Å². The molecule has 0 aliphatic heterocycles. The number of imidazole rings is 1. The van der Waals surface area contributed by atoms with Crippen molar-refractivity contribution in [1.29, 1.82) is 0 Å². The molecule has 2 heterocycles. The number of methoxy groups -OCH3 is 1. The van der Waals surface area contributed by atoms with Gasteiger partial charge in [0.25, 0.3) is 0 Å². The highest BCUT2D eigenvalue weighted by Gasteiger charge is 2.07. The van der Waals surface area contributed by atoms with E-state index in [2.05, 4.69) is 15.4 Å². The molecule has 0 fully saturated rings. The number of ether oxygens (including phenoxy) is 1. The zero-order valence-corrected chi connectivity index (χ0v) is 15.1. The Labute approximate surface area is 156 Å². The molecule has 0 saturated heterocycles. The van der Waals surface area contributed by atoms with Gasteiger partial charge in [-0.1, -0.05) is 12.1 Å². The molecule has 7 heteroatoms. The van der Waals surface area contributed by atoms with E-state index in [0.717, 1.165) is 27.7 Å². The number of aryl methyl sites for hydroxylation is 1. The van der Waals surface area contributed by atoms with Gasteiger partial charge in [-0.15, -0.1) is 0 Å². The van der Waals surface area contributed by atoms with Gasteiger partial charge in [0.2, 0.25) is 5.91 Å². The van der Waals surface area contributed by atoms with E-state index in [1.165, 1.54) is 0 Å². The van der Waals surface area contributed by atoms with Crippen molar-refractivity contribution >= 4 is 27.8 Å². The van der Waals surface area contributed by atoms with Crippen molar-refractivity contribution in [3.63, 3.8) is 0 Å². The lowest BCUT2D eigenvalue weighted by Gasteiger charge is -2.08. The highest BCUT2D eigenvalue weighted by molar-refractivity contribution is 5.81. The van der Waals surface area contributed by atoms with Gasteiger partial charge in [0.05, 0.1) is 42.7 Å². The lowest BCUT2D eigenvalue weighted by atomic mass is 10.2. The number of nitrogens with one attached hydrogen (secondary N) is 1. The fourth-order valence-corrected chi connectivity index (χ4v) is 3.17. The van der Waals surface area contributed by atoms with Crippen molar-refractivity contribution in [2.75, 3.05) is 13.7 Å². The van der Waals surface area contributed by atoms with E-state index in [0.29, 0.717) is 26.1 Å². The van der Waals surface area contributed by atoms with E-state index >= 15 is 0 Å². The van der Waals surface area contributed by atoms with E-state index < -0.39 is 0 Å². The monoisotopic (exact) mass is 363 g/mol. The van der Waals surface area contributed by atoms with Crippen molar-refractivity contribution in [1.82, 2.24) is 24.6 Å². The second-order valence-corrected chi connectivity index (χ2v) is 6.32. The first kappa shape index (κ1) is 17.1. The van der Waals surface area contributed by atoms with Gasteiger partial charge in [-0.3, -0.25) is 9.48 Å². The number of carbonyl (C=O) groups excluding carboxylic acids is 1. The summed E-state index contributed by atoms with van der Waals surface area (Å²) >= 11 is 0. The number of fused-ring (bicyclic) bond motifs is 2. The van der Waals surface area contributed by atoms with Crippen LogP contribution in [-0.4, -0.2) is 38.9 Å². The van der Waals surface area contributed by atoms with Crippen LogP contribution in [-0.2, 0) is 17.9 Å². The summed E-state index contributed by atoms with van der Waals surface area (Å²) in [4.78, 5) is 16.5. The smallest absolute Gasteiger partial charge is 0.221 e.